The number of aryl methyl sites for hydroxylation is 1. The lowest BCUT2D eigenvalue weighted by atomic mass is 9.98. The van der Waals surface area contributed by atoms with E-state index < -0.39 is 5.95 Å². The van der Waals surface area contributed by atoms with Gasteiger partial charge in [-0.05, 0) is 45.6 Å². The highest BCUT2D eigenvalue weighted by Gasteiger charge is 2.39. The number of nitrogens with zero attached hydrogens (tertiary/aromatic N) is 2. The molecule has 0 aromatic carbocycles. The summed E-state index contributed by atoms with van der Waals surface area (Å²) in [5, 5.41) is 3.04. The molecule has 5 heteroatoms. The number of carbonyl (C=O) groups excluding carboxylic acids is 1. The zero-order chi connectivity index (χ0) is 14.5. The minimum absolute atomic E-state index is 0.193. The van der Waals surface area contributed by atoms with Crippen molar-refractivity contribution in [3.8, 4) is 0 Å². The van der Waals surface area contributed by atoms with Gasteiger partial charge in [0.2, 0.25) is 5.95 Å². The van der Waals surface area contributed by atoms with E-state index in [9.17, 15) is 9.18 Å². The molecule has 0 unspecified atom stereocenters. The second-order valence-electron chi connectivity index (χ2n) is 6.09. The average Bonchev–Trinajstić information content (AvgIpc) is 3.10. The lowest BCUT2D eigenvalue weighted by Crippen LogP contribution is -2.45. The van der Waals surface area contributed by atoms with Gasteiger partial charge in [0.15, 0.2) is 5.65 Å². The van der Waals surface area contributed by atoms with Crippen molar-refractivity contribution in [1.29, 1.82) is 0 Å². The van der Waals surface area contributed by atoms with Gasteiger partial charge in [0.05, 0.1) is 5.56 Å². The van der Waals surface area contributed by atoms with E-state index in [1.807, 2.05) is 13.8 Å². The molecule has 20 heavy (non-hydrogen) atoms. The molecule has 0 bridgehead atoms. The minimum Gasteiger partial charge on any atom is -0.347 e. The summed E-state index contributed by atoms with van der Waals surface area (Å²) in [6.45, 7) is 5.84. The summed E-state index contributed by atoms with van der Waals surface area (Å²) in [6.07, 6.45) is 4.04. The van der Waals surface area contributed by atoms with Gasteiger partial charge in [0.1, 0.15) is 0 Å². The first-order valence-electron chi connectivity index (χ1n) is 6.85. The number of rotatable bonds is 3. The summed E-state index contributed by atoms with van der Waals surface area (Å²) < 4.78 is 15.2. The maximum absolute atomic E-state index is 13.4. The average molecular weight is 275 g/mol. The van der Waals surface area contributed by atoms with Crippen LogP contribution in [0.3, 0.4) is 0 Å². The molecular formula is C15H18FN3O. The molecule has 0 spiro atoms. The Morgan fingerprint density at radius 3 is 2.85 bits per heavy atom. The van der Waals surface area contributed by atoms with Gasteiger partial charge in [0, 0.05) is 23.5 Å². The van der Waals surface area contributed by atoms with Crippen molar-refractivity contribution in [3.05, 3.63) is 35.5 Å². The molecule has 3 rings (SSSR count). The first-order chi connectivity index (χ1) is 9.38. The van der Waals surface area contributed by atoms with E-state index in [0.29, 0.717) is 22.8 Å². The molecular weight excluding hydrogens is 257 g/mol. The van der Waals surface area contributed by atoms with Crippen LogP contribution >= 0.6 is 0 Å². The summed E-state index contributed by atoms with van der Waals surface area (Å²) in [5.74, 6) is -0.224. The van der Waals surface area contributed by atoms with E-state index in [-0.39, 0.29) is 11.4 Å². The standard InChI is InChI=1S/C15H18FN3O/c1-9-8-12(16)17-13-11(6-7-19(9)13)14(20)18-15(2,3)10-4-5-10/h6-8,10H,4-5H2,1-3H3,(H,18,20). The fourth-order valence-corrected chi connectivity index (χ4v) is 2.64. The Kier molecular flexibility index (Phi) is 2.81. The van der Waals surface area contributed by atoms with Crippen molar-refractivity contribution >= 4 is 11.6 Å². The monoisotopic (exact) mass is 275 g/mol. The van der Waals surface area contributed by atoms with Gasteiger partial charge in [0.25, 0.3) is 5.91 Å². The molecule has 2 aromatic rings. The van der Waals surface area contributed by atoms with Crippen molar-refractivity contribution < 1.29 is 9.18 Å². The van der Waals surface area contributed by atoms with Crippen LogP contribution in [0, 0.1) is 18.8 Å². The summed E-state index contributed by atoms with van der Waals surface area (Å²) in [6, 6.07) is 3.04. The van der Waals surface area contributed by atoms with Gasteiger partial charge >= 0.3 is 0 Å². The van der Waals surface area contributed by atoms with Crippen LogP contribution in [0.5, 0.6) is 0 Å². The van der Waals surface area contributed by atoms with Crippen LogP contribution in [0.1, 0.15) is 42.7 Å². The first kappa shape index (κ1) is 13.1. The number of nitrogens with one attached hydrogen (secondary N) is 1. The fourth-order valence-electron chi connectivity index (χ4n) is 2.64. The number of fused-ring (bicyclic) bond motifs is 1. The number of hydrogen-bond donors (Lipinski definition) is 1. The number of aromatic nitrogens is 2. The largest absolute Gasteiger partial charge is 0.347 e. The van der Waals surface area contributed by atoms with Crippen LogP contribution in [0.2, 0.25) is 0 Å². The summed E-state index contributed by atoms with van der Waals surface area (Å²) in [4.78, 5) is 16.2. The molecule has 106 valence electrons. The topological polar surface area (TPSA) is 46.4 Å². The van der Waals surface area contributed by atoms with E-state index in [4.69, 9.17) is 0 Å². The quantitative estimate of drug-likeness (QED) is 0.875. The third kappa shape index (κ3) is 2.17. The van der Waals surface area contributed by atoms with Gasteiger partial charge < -0.3 is 9.72 Å². The molecule has 1 aliphatic rings. The third-order valence-electron chi connectivity index (χ3n) is 4.06. The Bertz CT molecular complexity index is 686. The lowest BCUT2D eigenvalue weighted by Gasteiger charge is -2.25. The highest BCUT2D eigenvalue weighted by Crippen LogP contribution is 2.39. The molecule has 0 radical (unpaired) electrons. The molecule has 1 fully saturated rings. The number of carbonyl (C=O) groups is 1. The Labute approximate surface area is 117 Å². The minimum atomic E-state index is -0.566. The highest BCUT2D eigenvalue weighted by atomic mass is 19.1. The predicted octanol–water partition coefficient (Wildman–Crippen LogP) is 2.70. The van der Waals surface area contributed by atoms with Gasteiger partial charge in [-0.2, -0.15) is 4.39 Å². The molecule has 0 atom stereocenters. The van der Waals surface area contributed by atoms with Crippen molar-refractivity contribution in [1.82, 2.24) is 14.7 Å². The molecule has 0 aliphatic heterocycles. The number of amides is 1. The van der Waals surface area contributed by atoms with Crippen LogP contribution in [0.4, 0.5) is 4.39 Å². The predicted molar refractivity (Wildman–Crippen MR) is 74.2 cm³/mol. The Morgan fingerprint density at radius 2 is 2.20 bits per heavy atom. The second-order valence-corrected chi connectivity index (χ2v) is 6.09. The Hall–Kier alpha value is -1.91. The van der Waals surface area contributed by atoms with Crippen molar-refractivity contribution in [2.45, 2.75) is 39.2 Å². The van der Waals surface area contributed by atoms with Gasteiger partial charge in [-0.1, -0.05) is 0 Å². The van der Waals surface area contributed by atoms with E-state index in [2.05, 4.69) is 10.3 Å². The first-order valence-corrected chi connectivity index (χ1v) is 6.85. The molecule has 1 amide bonds. The van der Waals surface area contributed by atoms with E-state index in [1.165, 1.54) is 6.07 Å². The van der Waals surface area contributed by atoms with Crippen molar-refractivity contribution in [2.75, 3.05) is 0 Å². The third-order valence-corrected chi connectivity index (χ3v) is 4.06. The molecule has 1 saturated carbocycles. The number of halogens is 1. The molecule has 2 heterocycles. The van der Waals surface area contributed by atoms with Gasteiger partial charge in [-0.3, -0.25) is 4.79 Å². The normalized spacial score (nSPS) is 15.6. The second kappa shape index (κ2) is 4.30. The van der Waals surface area contributed by atoms with Crippen molar-refractivity contribution in [2.24, 2.45) is 5.92 Å². The smallest absolute Gasteiger partial charge is 0.255 e. The Balaban J connectivity index is 1.95. The fraction of sp³-hybridized carbons (Fsp3) is 0.467. The van der Waals surface area contributed by atoms with Gasteiger partial charge in [-0.25, -0.2) is 4.98 Å². The van der Waals surface area contributed by atoms with Crippen LogP contribution in [0.25, 0.3) is 5.65 Å². The molecule has 1 N–H and O–H groups in total. The zero-order valence-electron chi connectivity index (χ0n) is 11.9. The maximum atomic E-state index is 13.4. The summed E-state index contributed by atoms with van der Waals surface area (Å²) in [7, 11) is 0. The maximum Gasteiger partial charge on any atom is 0.255 e. The van der Waals surface area contributed by atoms with Crippen molar-refractivity contribution in [3.63, 3.8) is 0 Å². The van der Waals surface area contributed by atoms with Gasteiger partial charge in [-0.15, -0.1) is 0 Å². The number of hydrogen-bond acceptors (Lipinski definition) is 2. The summed E-state index contributed by atoms with van der Waals surface area (Å²) >= 11 is 0. The van der Waals surface area contributed by atoms with E-state index in [0.717, 1.165) is 12.8 Å². The van der Waals surface area contributed by atoms with Crippen LogP contribution in [-0.4, -0.2) is 20.8 Å². The Morgan fingerprint density at radius 1 is 1.50 bits per heavy atom. The molecule has 0 saturated heterocycles. The van der Waals surface area contributed by atoms with E-state index >= 15 is 0 Å². The molecule has 2 aromatic heterocycles. The zero-order valence-corrected chi connectivity index (χ0v) is 11.9. The van der Waals surface area contributed by atoms with Crippen LogP contribution in [-0.2, 0) is 0 Å². The van der Waals surface area contributed by atoms with E-state index in [1.54, 1.807) is 23.6 Å². The van der Waals surface area contributed by atoms with Crippen LogP contribution < -0.4 is 5.32 Å². The molecule has 4 nitrogen and oxygen atoms in total. The highest BCUT2D eigenvalue weighted by molar-refractivity contribution is 6.00. The molecule has 1 aliphatic carbocycles. The summed E-state index contributed by atoms with van der Waals surface area (Å²) in [5.41, 5.74) is 1.27. The lowest BCUT2D eigenvalue weighted by molar-refractivity contribution is 0.0905. The van der Waals surface area contributed by atoms with Crippen LogP contribution in [0.15, 0.2) is 18.3 Å². The SMILES string of the molecule is Cc1cc(F)nc2c(C(=O)NC(C)(C)C3CC3)ccn12.